The van der Waals surface area contributed by atoms with E-state index in [1.807, 2.05) is 30.3 Å². The molecular formula is C34H47NO6. The van der Waals surface area contributed by atoms with Gasteiger partial charge < -0.3 is 14.8 Å². The van der Waals surface area contributed by atoms with Crippen LogP contribution in [0, 0.1) is 46.3 Å². The van der Waals surface area contributed by atoms with Crippen LogP contribution in [0.25, 0.3) is 0 Å². The molecule has 0 saturated heterocycles. The standard InChI is InChI=1S/C34H47NO6/c1-20(11-14-31(39)35-24-9-7-6-8-10-24)26-12-13-27-32-28(19-30(34(26,27)5)41-22(3)37)33(4)16-15-25(38)17-23(33)18-29(32)40-21(2)36/h6-10,20,23,26-30,32H,11-19H2,1-5H3,(H,35,39)/t20-,23+,26-,27+,28+,29-,30+,32+,33+,34-/m1/s1. The fraction of sp³-hybridized carbons (Fsp3) is 0.706. The molecule has 1 N–H and O–H groups in total. The fourth-order valence-electron chi connectivity index (χ4n) is 9.91. The predicted octanol–water partition coefficient (Wildman–Crippen LogP) is 6.35. The van der Waals surface area contributed by atoms with Gasteiger partial charge >= 0.3 is 11.9 Å². The van der Waals surface area contributed by atoms with Crippen LogP contribution in [0.5, 0.6) is 0 Å². The molecule has 5 rings (SSSR count). The Labute approximate surface area is 244 Å². The highest BCUT2D eigenvalue weighted by molar-refractivity contribution is 5.90. The minimum atomic E-state index is -0.283. The number of hydrogen-bond acceptors (Lipinski definition) is 6. The van der Waals surface area contributed by atoms with Gasteiger partial charge in [0.05, 0.1) is 0 Å². The Morgan fingerprint density at radius 1 is 1.00 bits per heavy atom. The number of esters is 2. The maximum atomic E-state index is 12.8. The lowest BCUT2D eigenvalue weighted by Gasteiger charge is -2.63. The summed E-state index contributed by atoms with van der Waals surface area (Å²) >= 11 is 0. The molecule has 0 aromatic heterocycles. The SMILES string of the molecule is CC(=O)O[C@H]1C[C@H]2[C@@H]([C@H](OC(C)=O)C[C@@H]3CC(=O)CC[C@@]32C)[C@@H]2CC[C@H]([C@H](C)CCC(=O)Nc3ccccc3)[C@@]12C. The first-order valence-electron chi connectivity index (χ1n) is 15.6. The number of carbonyl (C=O) groups excluding carboxylic acids is 4. The van der Waals surface area contributed by atoms with E-state index in [1.54, 1.807) is 0 Å². The van der Waals surface area contributed by atoms with Crippen LogP contribution in [0.15, 0.2) is 30.3 Å². The number of carbonyl (C=O) groups is 4. The summed E-state index contributed by atoms with van der Waals surface area (Å²) in [5, 5.41) is 3.00. The Morgan fingerprint density at radius 2 is 1.71 bits per heavy atom. The van der Waals surface area contributed by atoms with Crippen LogP contribution < -0.4 is 5.32 Å². The summed E-state index contributed by atoms with van der Waals surface area (Å²) in [5.41, 5.74) is 0.471. The molecule has 1 aromatic rings. The van der Waals surface area contributed by atoms with Crippen molar-refractivity contribution in [2.45, 2.75) is 105 Å². The number of anilines is 1. The molecule has 4 fully saturated rings. The van der Waals surface area contributed by atoms with Crippen molar-refractivity contribution in [2.75, 3.05) is 5.32 Å². The van der Waals surface area contributed by atoms with E-state index >= 15 is 0 Å². The Balaban J connectivity index is 1.41. The van der Waals surface area contributed by atoms with E-state index in [-0.39, 0.29) is 76.4 Å². The number of ether oxygens (including phenoxy) is 2. The van der Waals surface area contributed by atoms with E-state index in [2.05, 4.69) is 26.1 Å². The van der Waals surface area contributed by atoms with Crippen molar-refractivity contribution in [3.63, 3.8) is 0 Å². The number of ketones is 1. The van der Waals surface area contributed by atoms with Gasteiger partial charge in [-0.05, 0) is 85.7 Å². The minimum Gasteiger partial charge on any atom is -0.462 e. The van der Waals surface area contributed by atoms with Crippen LogP contribution in [0.2, 0.25) is 0 Å². The van der Waals surface area contributed by atoms with Crippen LogP contribution >= 0.6 is 0 Å². The number of fused-ring (bicyclic) bond motifs is 5. The molecule has 4 aliphatic carbocycles. The molecule has 7 nitrogen and oxygen atoms in total. The molecule has 0 radical (unpaired) electrons. The quantitative estimate of drug-likeness (QED) is 0.387. The number of Topliss-reactive ketones (excluding diaryl/α,β-unsaturated/α-hetero) is 1. The van der Waals surface area contributed by atoms with E-state index in [1.165, 1.54) is 13.8 Å². The summed E-state index contributed by atoms with van der Waals surface area (Å²) in [6.07, 6.45) is 6.14. The molecule has 0 bridgehead atoms. The van der Waals surface area contributed by atoms with Crippen molar-refractivity contribution in [1.82, 2.24) is 0 Å². The summed E-state index contributed by atoms with van der Waals surface area (Å²) in [6, 6.07) is 9.53. The highest BCUT2D eigenvalue weighted by atomic mass is 16.5. The molecule has 7 heteroatoms. The lowest BCUT2D eigenvalue weighted by molar-refractivity contribution is -0.219. The summed E-state index contributed by atoms with van der Waals surface area (Å²) in [7, 11) is 0. The maximum Gasteiger partial charge on any atom is 0.302 e. The van der Waals surface area contributed by atoms with Gasteiger partial charge in [0, 0.05) is 50.1 Å². The largest absolute Gasteiger partial charge is 0.462 e. The van der Waals surface area contributed by atoms with Gasteiger partial charge in [0.2, 0.25) is 5.91 Å². The summed E-state index contributed by atoms with van der Waals surface area (Å²) in [5.74, 6) is 1.11. The summed E-state index contributed by atoms with van der Waals surface area (Å²) < 4.78 is 12.3. The molecule has 4 saturated carbocycles. The zero-order valence-corrected chi connectivity index (χ0v) is 25.3. The zero-order valence-electron chi connectivity index (χ0n) is 25.3. The molecular weight excluding hydrogens is 518 g/mol. The Bertz CT molecular complexity index is 1170. The monoisotopic (exact) mass is 565 g/mol. The van der Waals surface area contributed by atoms with Crippen molar-refractivity contribution in [2.24, 2.45) is 46.3 Å². The summed E-state index contributed by atoms with van der Waals surface area (Å²) in [6.45, 7) is 9.85. The average molecular weight is 566 g/mol. The lowest BCUT2D eigenvalue weighted by atomic mass is 9.43. The van der Waals surface area contributed by atoms with E-state index < -0.39 is 0 Å². The van der Waals surface area contributed by atoms with Gasteiger partial charge in [-0.3, -0.25) is 19.2 Å². The van der Waals surface area contributed by atoms with Gasteiger partial charge in [-0.15, -0.1) is 0 Å². The highest BCUT2D eigenvalue weighted by Crippen LogP contribution is 2.69. The van der Waals surface area contributed by atoms with E-state index in [9.17, 15) is 19.2 Å². The smallest absolute Gasteiger partial charge is 0.302 e. The Hall–Kier alpha value is -2.70. The van der Waals surface area contributed by atoms with Gasteiger partial charge in [-0.2, -0.15) is 0 Å². The number of hydrogen-bond donors (Lipinski definition) is 1. The average Bonchev–Trinajstić information content (AvgIpc) is 3.27. The van der Waals surface area contributed by atoms with Crippen LogP contribution in [0.4, 0.5) is 5.69 Å². The van der Waals surface area contributed by atoms with Crippen molar-refractivity contribution >= 4 is 29.3 Å². The number of amides is 1. The van der Waals surface area contributed by atoms with Crippen molar-refractivity contribution in [3.8, 4) is 0 Å². The topological polar surface area (TPSA) is 98.8 Å². The van der Waals surface area contributed by atoms with Gasteiger partial charge in [0.15, 0.2) is 0 Å². The predicted molar refractivity (Wildman–Crippen MR) is 156 cm³/mol. The molecule has 0 aliphatic heterocycles. The number of nitrogens with one attached hydrogen (secondary N) is 1. The highest BCUT2D eigenvalue weighted by Gasteiger charge is 2.67. The molecule has 41 heavy (non-hydrogen) atoms. The van der Waals surface area contributed by atoms with Crippen molar-refractivity contribution in [3.05, 3.63) is 30.3 Å². The Morgan fingerprint density at radius 3 is 2.39 bits per heavy atom. The normalized spacial score (nSPS) is 38.6. The molecule has 224 valence electrons. The van der Waals surface area contributed by atoms with E-state index in [4.69, 9.17) is 9.47 Å². The lowest BCUT2D eigenvalue weighted by Crippen LogP contribution is -2.63. The summed E-state index contributed by atoms with van der Waals surface area (Å²) in [4.78, 5) is 50.1. The van der Waals surface area contributed by atoms with Crippen LogP contribution in [-0.2, 0) is 28.7 Å². The van der Waals surface area contributed by atoms with Crippen molar-refractivity contribution < 1.29 is 28.7 Å². The third-order valence-corrected chi connectivity index (χ3v) is 11.8. The van der Waals surface area contributed by atoms with Gasteiger partial charge in [0.1, 0.15) is 18.0 Å². The molecule has 10 atom stereocenters. The number of rotatable bonds is 7. The van der Waals surface area contributed by atoms with Gasteiger partial charge in [-0.1, -0.05) is 39.0 Å². The molecule has 0 heterocycles. The molecule has 1 amide bonds. The Kier molecular flexibility index (Phi) is 8.37. The third kappa shape index (κ3) is 5.58. The minimum absolute atomic E-state index is 0.0102. The van der Waals surface area contributed by atoms with E-state index in [0.717, 1.165) is 44.2 Å². The second-order valence-corrected chi connectivity index (χ2v) is 13.9. The first kappa shape index (κ1) is 29.8. The van der Waals surface area contributed by atoms with Crippen LogP contribution in [0.1, 0.15) is 92.4 Å². The molecule has 1 aromatic carbocycles. The van der Waals surface area contributed by atoms with E-state index in [0.29, 0.717) is 25.0 Å². The van der Waals surface area contributed by atoms with Crippen molar-refractivity contribution in [1.29, 1.82) is 0 Å². The molecule has 4 aliphatic rings. The number of benzene rings is 1. The van der Waals surface area contributed by atoms with Gasteiger partial charge in [-0.25, -0.2) is 0 Å². The first-order valence-corrected chi connectivity index (χ1v) is 15.6. The second-order valence-electron chi connectivity index (χ2n) is 13.9. The zero-order chi connectivity index (χ0) is 29.5. The second kappa shape index (κ2) is 11.5. The molecule has 0 unspecified atom stereocenters. The third-order valence-electron chi connectivity index (χ3n) is 11.8. The van der Waals surface area contributed by atoms with Gasteiger partial charge in [0.25, 0.3) is 0 Å². The molecule has 0 spiro atoms. The maximum absolute atomic E-state index is 12.8. The first-order chi connectivity index (χ1) is 19.4. The van der Waals surface area contributed by atoms with Crippen LogP contribution in [-0.4, -0.2) is 35.8 Å². The van der Waals surface area contributed by atoms with Crippen LogP contribution in [0.3, 0.4) is 0 Å². The number of para-hydroxylation sites is 1. The fourth-order valence-corrected chi connectivity index (χ4v) is 9.91.